The quantitative estimate of drug-likeness (QED) is 0.0320. The van der Waals surface area contributed by atoms with Gasteiger partial charge in [0.2, 0.25) is 5.91 Å². The molecule has 2 atom stereocenters. The second-order valence-corrected chi connectivity index (χ2v) is 24.6. The molecule has 3 N–H and O–H groups in total. The second kappa shape index (κ2) is 70.0. The Morgan fingerprint density at radius 2 is 0.642 bits per heavy atom. The molecule has 0 aromatic carbocycles. The Bertz CT molecular complexity index is 1400. The number of hydrogen-bond acceptors (Lipinski definition) is 5. The molecule has 0 spiro atoms. The van der Waals surface area contributed by atoms with Gasteiger partial charge in [0, 0.05) is 12.8 Å². The Balaban J connectivity index is 3.46. The summed E-state index contributed by atoms with van der Waals surface area (Å²) in [5.74, 6) is -0.0733. The van der Waals surface area contributed by atoms with Crippen LogP contribution in [0.2, 0.25) is 0 Å². The zero-order chi connectivity index (χ0) is 58.5. The maximum absolute atomic E-state index is 12.5. The summed E-state index contributed by atoms with van der Waals surface area (Å²) in [7, 11) is 0. The zero-order valence-electron chi connectivity index (χ0n) is 54.3. The Labute approximate surface area is 505 Å². The fourth-order valence-corrected chi connectivity index (χ4v) is 11.0. The van der Waals surface area contributed by atoms with Crippen LogP contribution in [0.1, 0.15) is 380 Å². The number of carbonyl (C=O) groups excluding carboxylic acids is 2. The number of aliphatic hydroxyl groups excluding tert-OH is 2. The van der Waals surface area contributed by atoms with Crippen LogP contribution in [0.3, 0.4) is 0 Å². The number of allylic oxidation sites excluding steroid dienone is 9. The van der Waals surface area contributed by atoms with Crippen LogP contribution < -0.4 is 5.32 Å². The van der Waals surface area contributed by atoms with E-state index in [1.165, 1.54) is 295 Å². The number of nitrogens with one attached hydrogen (secondary N) is 1. The number of rotatable bonds is 67. The van der Waals surface area contributed by atoms with Gasteiger partial charge in [-0.3, -0.25) is 9.59 Å². The molecule has 2 unspecified atom stereocenters. The molecule has 6 heteroatoms. The minimum atomic E-state index is -0.849. The van der Waals surface area contributed by atoms with E-state index < -0.39 is 12.1 Å². The largest absolute Gasteiger partial charge is 0.466 e. The summed E-state index contributed by atoms with van der Waals surface area (Å²) in [6.07, 6.45) is 93.0. The van der Waals surface area contributed by atoms with Gasteiger partial charge in [-0.1, -0.05) is 338 Å². The average Bonchev–Trinajstić information content (AvgIpc) is 3.47. The fourth-order valence-electron chi connectivity index (χ4n) is 11.0. The van der Waals surface area contributed by atoms with Gasteiger partial charge in [0.15, 0.2) is 0 Å². The van der Waals surface area contributed by atoms with Gasteiger partial charge in [-0.05, 0) is 89.9 Å². The van der Waals surface area contributed by atoms with Crippen molar-refractivity contribution >= 4 is 11.9 Å². The molecular formula is C75H139NO5. The first-order valence-electron chi connectivity index (χ1n) is 36.1. The van der Waals surface area contributed by atoms with Crippen LogP contribution in [0.15, 0.2) is 60.8 Å². The van der Waals surface area contributed by atoms with Gasteiger partial charge in [0.05, 0.1) is 25.4 Å². The Kier molecular flexibility index (Phi) is 67.9. The normalized spacial score (nSPS) is 12.9. The van der Waals surface area contributed by atoms with Crippen molar-refractivity contribution in [2.75, 3.05) is 13.2 Å². The molecule has 0 fully saturated rings. The standard InChI is InChI=1S/C75H139NO5/c1-3-5-7-9-11-13-15-17-18-19-20-21-22-28-31-34-37-40-44-47-51-55-59-63-67-73(78)72(71-77)76-74(79)68-64-60-56-52-48-45-41-38-35-32-29-26-24-23-25-27-30-33-36-39-42-46-50-54-58-62-66-70-81-75(80)69-65-61-57-53-49-43-16-14-12-10-8-6-4-2/h8,10,14,16,23-24,27,30,63,67,72-73,77-78H,3-7,9,11-13,15,17-22,25-26,28-29,31-62,64-66,68-71H2,1-2H3,(H,76,79)/b10-8-,16-14-,24-23-,30-27-,67-63+. The maximum Gasteiger partial charge on any atom is 0.305 e. The summed E-state index contributed by atoms with van der Waals surface area (Å²) in [5.41, 5.74) is 0. The Morgan fingerprint density at radius 3 is 0.988 bits per heavy atom. The van der Waals surface area contributed by atoms with Crippen LogP contribution in [-0.4, -0.2) is 47.4 Å². The number of carbonyl (C=O) groups is 2. The van der Waals surface area contributed by atoms with Crippen molar-refractivity contribution in [2.24, 2.45) is 0 Å². The highest BCUT2D eigenvalue weighted by molar-refractivity contribution is 5.76. The molecule has 1 amide bonds. The first-order chi connectivity index (χ1) is 40.0. The number of hydrogen-bond donors (Lipinski definition) is 3. The van der Waals surface area contributed by atoms with Crippen LogP contribution in [0.25, 0.3) is 0 Å². The van der Waals surface area contributed by atoms with Gasteiger partial charge < -0.3 is 20.3 Å². The van der Waals surface area contributed by atoms with E-state index in [-0.39, 0.29) is 18.5 Å². The lowest BCUT2D eigenvalue weighted by Crippen LogP contribution is -2.45. The van der Waals surface area contributed by atoms with Crippen LogP contribution in [0, 0.1) is 0 Å². The van der Waals surface area contributed by atoms with E-state index in [0.29, 0.717) is 19.4 Å². The highest BCUT2D eigenvalue weighted by Gasteiger charge is 2.18. The lowest BCUT2D eigenvalue weighted by atomic mass is 10.0. The highest BCUT2D eigenvalue weighted by atomic mass is 16.5. The van der Waals surface area contributed by atoms with Crippen molar-refractivity contribution in [3.8, 4) is 0 Å². The van der Waals surface area contributed by atoms with Crippen LogP contribution in [0.5, 0.6) is 0 Å². The van der Waals surface area contributed by atoms with Gasteiger partial charge in [-0.25, -0.2) is 0 Å². The summed E-state index contributed by atoms with van der Waals surface area (Å²) in [6, 6.07) is -0.633. The molecule has 0 aliphatic heterocycles. The molecule has 0 aliphatic rings. The summed E-state index contributed by atoms with van der Waals surface area (Å²) >= 11 is 0. The SMILES string of the molecule is CCC/C=C\C/C=C\CCCCCCCC(=O)OCCCCCCCCCCC/C=C\C/C=C\CCCCCCCCCCCCCC(=O)NC(CO)C(O)/C=C/CCCCCCCCCCCCCCCCCCCCCCCC. The van der Waals surface area contributed by atoms with E-state index in [1.54, 1.807) is 6.08 Å². The number of unbranched alkanes of at least 4 members (excludes halogenated alkanes) is 48. The van der Waals surface area contributed by atoms with Gasteiger partial charge in [-0.2, -0.15) is 0 Å². The number of ether oxygens (including phenoxy) is 1. The Hall–Kier alpha value is -2.44. The smallest absolute Gasteiger partial charge is 0.305 e. The van der Waals surface area contributed by atoms with E-state index >= 15 is 0 Å². The molecule has 0 radical (unpaired) electrons. The van der Waals surface area contributed by atoms with Gasteiger partial charge in [0.25, 0.3) is 0 Å². The molecule has 0 heterocycles. The Morgan fingerprint density at radius 1 is 0.346 bits per heavy atom. The van der Waals surface area contributed by atoms with E-state index in [9.17, 15) is 19.8 Å². The molecule has 81 heavy (non-hydrogen) atoms. The van der Waals surface area contributed by atoms with E-state index in [2.05, 4.69) is 67.8 Å². The summed E-state index contributed by atoms with van der Waals surface area (Å²) in [5, 5.41) is 23.3. The maximum atomic E-state index is 12.5. The summed E-state index contributed by atoms with van der Waals surface area (Å²) in [4.78, 5) is 24.6. The second-order valence-electron chi connectivity index (χ2n) is 24.6. The van der Waals surface area contributed by atoms with Crippen molar-refractivity contribution in [2.45, 2.75) is 392 Å². The molecular weight excluding hydrogens is 995 g/mol. The monoisotopic (exact) mass is 1130 g/mol. The fraction of sp³-hybridized carbons (Fsp3) is 0.840. The van der Waals surface area contributed by atoms with Crippen molar-refractivity contribution < 1.29 is 24.5 Å². The minimum Gasteiger partial charge on any atom is -0.466 e. The van der Waals surface area contributed by atoms with Crippen molar-refractivity contribution in [1.29, 1.82) is 0 Å². The number of aliphatic hydroxyl groups is 2. The van der Waals surface area contributed by atoms with Crippen LogP contribution in [-0.2, 0) is 14.3 Å². The van der Waals surface area contributed by atoms with Crippen molar-refractivity contribution in [3.63, 3.8) is 0 Å². The van der Waals surface area contributed by atoms with Gasteiger partial charge in [-0.15, -0.1) is 0 Å². The lowest BCUT2D eigenvalue weighted by Gasteiger charge is -2.20. The third-order valence-electron chi connectivity index (χ3n) is 16.5. The lowest BCUT2D eigenvalue weighted by molar-refractivity contribution is -0.143. The van der Waals surface area contributed by atoms with Gasteiger partial charge >= 0.3 is 5.97 Å². The predicted molar refractivity (Wildman–Crippen MR) is 356 cm³/mol. The summed E-state index contributed by atoms with van der Waals surface area (Å²) < 4.78 is 5.47. The van der Waals surface area contributed by atoms with Crippen molar-refractivity contribution in [3.05, 3.63) is 60.8 Å². The molecule has 0 saturated heterocycles. The van der Waals surface area contributed by atoms with Crippen LogP contribution in [0.4, 0.5) is 0 Å². The molecule has 0 aliphatic carbocycles. The number of amides is 1. The molecule has 474 valence electrons. The molecule has 6 nitrogen and oxygen atoms in total. The third kappa shape index (κ3) is 66.6. The summed E-state index contributed by atoms with van der Waals surface area (Å²) in [6.45, 7) is 4.86. The first-order valence-corrected chi connectivity index (χ1v) is 36.1. The zero-order valence-corrected chi connectivity index (χ0v) is 54.3. The van der Waals surface area contributed by atoms with E-state index in [1.807, 2.05) is 6.08 Å². The van der Waals surface area contributed by atoms with Gasteiger partial charge in [0.1, 0.15) is 0 Å². The van der Waals surface area contributed by atoms with E-state index in [4.69, 9.17) is 4.74 Å². The molecule has 0 aromatic rings. The minimum absolute atomic E-state index is 0.00523. The van der Waals surface area contributed by atoms with E-state index in [0.717, 1.165) is 57.8 Å². The third-order valence-corrected chi connectivity index (χ3v) is 16.5. The molecule has 0 bridgehead atoms. The predicted octanol–water partition coefficient (Wildman–Crippen LogP) is 23.4. The van der Waals surface area contributed by atoms with Crippen LogP contribution >= 0.6 is 0 Å². The molecule has 0 saturated carbocycles. The number of esters is 1. The first kappa shape index (κ1) is 78.6. The van der Waals surface area contributed by atoms with Crippen molar-refractivity contribution in [1.82, 2.24) is 5.32 Å². The molecule has 0 rings (SSSR count). The topological polar surface area (TPSA) is 95.9 Å². The highest BCUT2D eigenvalue weighted by Crippen LogP contribution is 2.18. The average molecular weight is 1130 g/mol. The molecule has 0 aromatic heterocycles.